The summed E-state index contributed by atoms with van der Waals surface area (Å²) in [6.07, 6.45) is 0. The van der Waals surface area contributed by atoms with Crippen LogP contribution in [0.5, 0.6) is 5.75 Å². The summed E-state index contributed by atoms with van der Waals surface area (Å²) in [5.41, 5.74) is 3.09. The van der Waals surface area contributed by atoms with Gasteiger partial charge in [0, 0.05) is 29.1 Å². The molecular formula is C21H17ClN2O3. The fraction of sp³-hybridized carbons (Fsp3) is 0.0952. The van der Waals surface area contributed by atoms with Crippen molar-refractivity contribution in [1.82, 2.24) is 0 Å². The molecule has 0 spiro atoms. The van der Waals surface area contributed by atoms with Gasteiger partial charge in [0.25, 0.3) is 5.69 Å². The number of nitro groups is 1. The van der Waals surface area contributed by atoms with Gasteiger partial charge in [0.05, 0.1) is 22.8 Å². The molecular weight excluding hydrogens is 364 g/mol. The smallest absolute Gasteiger partial charge is 0.269 e. The number of nitrogens with zero attached hydrogens (tertiary/aromatic N) is 2. The predicted octanol–water partition coefficient (Wildman–Crippen LogP) is 1.41. The number of methoxy groups -OCH3 is 1. The third-order valence-corrected chi connectivity index (χ3v) is 4.72. The maximum absolute atomic E-state index is 11.0. The first-order valence-electron chi connectivity index (χ1n) is 8.23. The first-order valence-corrected chi connectivity index (χ1v) is 8.23. The van der Waals surface area contributed by atoms with E-state index >= 15 is 0 Å². The Hall–Kier alpha value is -3.18. The Morgan fingerprint density at radius 2 is 1.63 bits per heavy atom. The molecule has 0 fully saturated rings. The van der Waals surface area contributed by atoms with Crippen molar-refractivity contribution in [1.29, 1.82) is 0 Å². The minimum atomic E-state index is -0.384. The van der Waals surface area contributed by atoms with Crippen molar-refractivity contribution in [3.8, 4) is 17.0 Å². The molecule has 0 aliphatic rings. The third-order valence-electron chi connectivity index (χ3n) is 4.72. The summed E-state index contributed by atoms with van der Waals surface area (Å²) in [7, 11) is 3.66. The second kappa shape index (κ2) is 7.21. The Balaban J connectivity index is 0.00000210. The maximum Gasteiger partial charge on any atom is 0.269 e. The van der Waals surface area contributed by atoms with Gasteiger partial charge in [-0.2, -0.15) is 4.57 Å². The van der Waals surface area contributed by atoms with Gasteiger partial charge in [-0.05, 0) is 36.4 Å². The summed E-state index contributed by atoms with van der Waals surface area (Å²) >= 11 is 0. The van der Waals surface area contributed by atoms with Crippen LogP contribution < -0.4 is 21.7 Å². The maximum atomic E-state index is 11.0. The van der Waals surface area contributed by atoms with Crippen LogP contribution in [0.1, 0.15) is 0 Å². The number of aromatic nitrogens is 1. The van der Waals surface area contributed by atoms with Crippen LogP contribution in [-0.2, 0) is 7.05 Å². The zero-order valence-electron chi connectivity index (χ0n) is 14.8. The van der Waals surface area contributed by atoms with E-state index in [9.17, 15) is 10.1 Å². The number of nitro benzene ring substituents is 1. The van der Waals surface area contributed by atoms with Crippen molar-refractivity contribution in [2.24, 2.45) is 7.05 Å². The van der Waals surface area contributed by atoms with Crippen molar-refractivity contribution in [3.63, 3.8) is 0 Å². The Bertz CT molecular complexity index is 1160. The van der Waals surface area contributed by atoms with Gasteiger partial charge in [0.1, 0.15) is 12.8 Å². The number of pyridine rings is 1. The monoisotopic (exact) mass is 380 g/mol. The highest BCUT2D eigenvalue weighted by atomic mass is 35.5. The van der Waals surface area contributed by atoms with E-state index in [2.05, 4.69) is 22.8 Å². The van der Waals surface area contributed by atoms with Crippen LogP contribution in [0.15, 0.2) is 66.7 Å². The van der Waals surface area contributed by atoms with Gasteiger partial charge < -0.3 is 17.1 Å². The molecule has 5 nitrogen and oxygen atoms in total. The van der Waals surface area contributed by atoms with Gasteiger partial charge in [-0.1, -0.05) is 12.1 Å². The molecule has 136 valence electrons. The predicted molar refractivity (Wildman–Crippen MR) is 101 cm³/mol. The number of rotatable bonds is 3. The standard InChI is InChI=1S/C21H17N2O3.ClH/c1-22-20-6-4-3-5-18(20)17-12-11-16(26-2)13-19(17)21(22)14-7-9-15(10-8-14)23(24)25;/h3-13H,1-2H3;1H/q+1;/p-1. The molecule has 6 heteroatoms. The average Bonchev–Trinajstić information content (AvgIpc) is 2.68. The molecule has 4 rings (SSSR count). The third kappa shape index (κ3) is 3.06. The molecule has 0 unspecified atom stereocenters. The van der Waals surface area contributed by atoms with Crippen molar-refractivity contribution in [3.05, 3.63) is 76.8 Å². The molecule has 1 heterocycles. The van der Waals surface area contributed by atoms with E-state index in [1.165, 1.54) is 12.1 Å². The Morgan fingerprint density at radius 1 is 0.926 bits per heavy atom. The van der Waals surface area contributed by atoms with Crippen LogP contribution >= 0.6 is 0 Å². The van der Waals surface area contributed by atoms with Crippen LogP contribution in [0.25, 0.3) is 32.9 Å². The van der Waals surface area contributed by atoms with Crippen molar-refractivity contribution in [2.75, 3.05) is 7.11 Å². The molecule has 4 aromatic rings. The van der Waals surface area contributed by atoms with Crippen molar-refractivity contribution >= 4 is 27.4 Å². The van der Waals surface area contributed by atoms with E-state index in [0.29, 0.717) is 0 Å². The highest BCUT2D eigenvalue weighted by Gasteiger charge is 2.21. The molecule has 0 saturated heterocycles. The van der Waals surface area contributed by atoms with Gasteiger partial charge in [-0.3, -0.25) is 10.1 Å². The molecule has 0 amide bonds. The van der Waals surface area contributed by atoms with Crippen LogP contribution in [0.3, 0.4) is 0 Å². The number of fused-ring (bicyclic) bond motifs is 3. The lowest BCUT2D eigenvalue weighted by molar-refractivity contribution is -0.632. The first-order chi connectivity index (χ1) is 12.6. The van der Waals surface area contributed by atoms with Crippen LogP contribution in [0, 0.1) is 10.1 Å². The van der Waals surface area contributed by atoms with E-state index in [1.807, 2.05) is 31.3 Å². The summed E-state index contributed by atoms with van der Waals surface area (Å²) in [6, 6.07) is 20.9. The van der Waals surface area contributed by atoms with Gasteiger partial charge in [-0.15, -0.1) is 0 Å². The fourth-order valence-electron chi connectivity index (χ4n) is 3.47. The minimum Gasteiger partial charge on any atom is -1.00 e. The Labute approximate surface area is 162 Å². The second-order valence-electron chi connectivity index (χ2n) is 6.14. The topological polar surface area (TPSA) is 56.3 Å². The zero-order valence-corrected chi connectivity index (χ0v) is 15.6. The van der Waals surface area contributed by atoms with Crippen molar-refractivity contribution in [2.45, 2.75) is 0 Å². The fourth-order valence-corrected chi connectivity index (χ4v) is 3.47. The number of para-hydroxylation sites is 1. The van der Waals surface area contributed by atoms with Gasteiger partial charge >= 0.3 is 0 Å². The zero-order chi connectivity index (χ0) is 18.3. The second-order valence-corrected chi connectivity index (χ2v) is 6.14. The summed E-state index contributed by atoms with van der Waals surface area (Å²) < 4.78 is 7.54. The number of halogens is 1. The highest BCUT2D eigenvalue weighted by molar-refractivity contribution is 6.09. The molecule has 0 bridgehead atoms. The summed E-state index contributed by atoms with van der Waals surface area (Å²) in [4.78, 5) is 10.6. The molecule has 0 saturated carbocycles. The van der Waals surface area contributed by atoms with E-state index < -0.39 is 0 Å². The Kier molecular flexibility index (Phi) is 4.97. The lowest BCUT2D eigenvalue weighted by Gasteiger charge is -2.10. The average molecular weight is 381 g/mol. The SMILES string of the molecule is COc1ccc2c(c1)c(-c1ccc([N+](=O)[O-])cc1)[n+](C)c1ccccc21.[Cl-]. The van der Waals surface area contributed by atoms with Crippen LogP contribution in [0.2, 0.25) is 0 Å². The van der Waals surface area contributed by atoms with Crippen molar-refractivity contribution < 1.29 is 26.6 Å². The Morgan fingerprint density at radius 3 is 2.30 bits per heavy atom. The molecule has 3 aromatic carbocycles. The minimum absolute atomic E-state index is 0. The number of hydrogen-bond acceptors (Lipinski definition) is 3. The summed E-state index contributed by atoms with van der Waals surface area (Å²) in [6.45, 7) is 0. The number of ether oxygens (including phenoxy) is 1. The number of non-ortho nitro benzene ring substituents is 1. The first kappa shape index (κ1) is 18.6. The molecule has 0 aliphatic carbocycles. The van der Waals surface area contributed by atoms with Gasteiger partial charge in [-0.25, -0.2) is 0 Å². The van der Waals surface area contributed by atoms with Crippen LogP contribution in [-0.4, -0.2) is 12.0 Å². The lowest BCUT2D eigenvalue weighted by atomic mass is 9.99. The molecule has 1 aromatic heterocycles. The van der Waals surface area contributed by atoms with Gasteiger partial charge in [0.2, 0.25) is 11.2 Å². The molecule has 0 aliphatic heterocycles. The largest absolute Gasteiger partial charge is 1.00 e. The van der Waals surface area contributed by atoms with Crippen LogP contribution in [0.4, 0.5) is 5.69 Å². The molecule has 0 N–H and O–H groups in total. The summed E-state index contributed by atoms with van der Waals surface area (Å²) in [5.74, 6) is 0.774. The van der Waals surface area contributed by atoms with E-state index in [1.54, 1.807) is 19.2 Å². The highest BCUT2D eigenvalue weighted by Crippen LogP contribution is 2.33. The lowest BCUT2D eigenvalue weighted by Crippen LogP contribution is -3.00. The quantitative estimate of drug-likeness (QED) is 0.234. The number of benzene rings is 3. The summed E-state index contributed by atoms with van der Waals surface area (Å²) in [5, 5.41) is 14.3. The molecule has 0 radical (unpaired) electrons. The van der Waals surface area contributed by atoms with E-state index in [0.717, 1.165) is 38.7 Å². The molecule has 27 heavy (non-hydrogen) atoms. The number of aryl methyl sites for hydroxylation is 1. The molecule has 0 atom stereocenters. The normalized spacial score (nSPS) is 10.6. The number of hydrogen-bond donors (Lipinski definition) is 0. The van der Waals surface area contributed by atoms with E-state index in [4.69, 9.17) is 4.74 Å². The van der Waals surface area contributed by atoms with E-state index in [-0.39, 0.29) is 23.0 Å². The van der Waals surface area contributed by atoms with Gasteiger partial charge in [0.15, 0.2) is 0 Å².